The Labute approximate surface area is 71.2 Å². The van der Waals surface area contributed by atoms with Crippen molar-refractivity contribution < 1.29 is 4.48 Å². The molecule has 0 saturated carbocycles. The molecule has 0 aliphatic heterocycles. The Morgan fingerprint density at radius 2 is 1.92 bits per heavy atom. The van der Waals surface area contributed by atoms with Crippen molar-refractivity contribution in [1.82, 2.24) is 9.77 Å². The van der Waals surface area contributed by atoms with Crippen LogP contribution in [0.25, 0.3) is 10.9 Å². The first-order valence-electron chi connectivity index (χ1n) is 3.60. The summed E-state index contributed by atoms with van der Waals surface area (Å²) < 4.78 is 13.0. The van der Waals surface area contributed by atoms with Gasteiger partial charge in [0.1, 0.15) is 0 Å². The molecule has 0 spiro atoms. The van der Waals surface area contributed by atoms with Gasteiger partial charge in [-0.05, 0) is 12.1 Å². The molecule has 0 amide bonds. The molecule has 0 aliphatic carbocycles. The maximum atomic E-state index is 13.0. The summed E-state index contributed by atoms with van der Waals surface area (Å²) in [5.41, 5.74) is -1.64. The minimum absolute atomic E-state index is 0.0174. The number of halogens is 1. The second kappa shape index (κ2) is 2.55. The minimum Gasteiger partial charge on any atom is -0.271 e. The van der Waals surface area contributed by atoms with Crippen LogP contribution in [0, 0.1) is 0 Å². The fourth-order valence-electron chi connectivity index (χ4n) is 1.16. The molecule has 0 aliphatic rings. The van der Waals surface area contributed by atoms with Crippen molar-refractivity contribution in [2.45, 2.75) is 0 Å². The largest absolute Gasteiger partial charge is 0.357 e. The standard InChI is InChI=1S/C8H5FN2O2/c9-11-6-4-2-1-3-5(6)7(12)10-8(11)13/h1-4H,(H,10,12,13). The zero-order valence-corrected chi connectivity index (χ0v) is 6.45. The van der Waals surface area contributed by atoms with Crippen LogP contribution in [0.5, 0.6) is 0 Å². The van der Waals surface area contributed by atoms with E-state index in [1.165, 1.54) is 12.1 Å². The molecule has 0 radical (unpaired) electrons. The van der Waals surface area contributed by atoms with E-state index in [9.17, 15) is 14.1 Å². The predicted octanol–water partition coefficient (Wildman–Crippen LogP) is 0.422. The van der Waals surface area contributed by atoms with Crippen LogP contribution in [0.1, 0.15) is 0 Å². The van der Waals surface area contributed by atoms with Crippen molar-refractivity contribution >= 4 is 10.9 Å². The van der Waals surface area contributed by atoms with Crippen LogP contribution in [0.4, 0.5) is 4.48 Å². The quantitative estimate of drug-likeness (QED) is 0.638. The number of aromatic amines is 1. The number of nitrogens with zero attached hydrogens (tertiary/aromatic N) is 1. The first-order valence-corrected chi connectivity index (χ1v) is 3.60. The zero-order chi connectivity index (χ0) is 9.42. The Kier molecular flexibility index (Phi) is 1.51. The first-order chi connectivity index (χ1) is 6.20. The van der Waals surface area contributed by atoms with E-state index >= 15 is 0 Å². The van der Waals surface area contributed by atoms with E-state index < -0.39 is 11.2 Å². The number of hydrogen-bond acceptors (Lipinski definition) is 2. The topological polar surface area (TPSA) is 54.9 Å². The Morgan fingerprint density at radius 3 is 2.69 bits per heavy atom. The molecule has 66 valence electrons. The summed E-state index contributed by atoms with van der Waals surface area (Å²) in [6.45, 7) is 0. The van der Waals surface area contributed by atoms with Gasteiger partial charge in [-0.2, -0.15) is 0 Å². The van der Waals surface area contributed by atoms with E-state index in [2.05, 4.69) is 0 Å². The summed E-state index contributed by atoms with van der Waals surface area (Å²) >= 11 is 0. The van der Waals surface area contributed by atoms with Crippen molar-refractivity contribution in [3.05, 3.63) is 45.1 Å². The highest BCUT2D eigenvalue weighted by molar-refractivity contribution is 5.77. The number of hydrogen-bond donors (Lipinski definition) is 1. The molecule has 0 fully saturated rings. The molecule has 1 heterocycles. The highest BCUT2D eigenvalue weighted by Gasteiger charge is 2.04. The zero-order valence-electron chi connectivity index (χ0n) is 6.45. The Morgan fingerprint density at radius 1 is 1.23 bits per heavy atom. The third-order valence-electron chi connectivity index (χ3n) is 1.76. The molecule has 1 aromatic carbocycles. The summed E-state index contributed by atoms with van der Waals surface area (Å²) in [5.74, 6) is 0. The van der Waals surface area contributed by atoms with E-state index in [1.807, 2.05) is 4.98 Å². The number of para-hydroxylation sites is 1. The highest BCUT2D eigenvalue weighted by atomic mass is 19.2. The SMILES string of the molecule is O=c1[nH]c(=O)n(F)c2ccccc12. The van der Waals surface area contributed by atoms with Crippen molar-refractivity contribution in [1.29, 1.82) is 0 Å². The lowest BCUT2D eigenvalue weighted by Crippen LogP contribution is -2.26. The van der Waals surface area contributed by atoms with Crippen LogP contribution in [-0.2, 0) is 0 Å². The summed E-state index contributed by atoms with van der Waals surface area (Å²) in [6.07, 6.45) is 0. The molecular weight excluding hydrogens is 175 g/mol. The average molecular weight is 180 g/mol. The smallest absolute Gasteiger partial charge is 0.271 e. The summed E-state index contributed by atoms with van der Waals surface area (Å²) in [5, 5.41) is 0.157. The maximum absolute atomic E-state index is 13.0. The maximum Gasteiger partial charge on any atom is 0.357 e. The van der Waals surface area contributed by atoms with Crippen LogP contribution in [-0.4, -0.2) is 9.77 Å². The molecule has 0 saturated heterocycles. The lowest BCUT2D eigenvalue weighted by atomic mass is 10.2. The Bertz CT molecular complexity index is 570. The molecule has 0 atom stereocenters. The Hall–Kier alpha value is -1.91. The molecule has 2 rings (SSSR count). The van der Waals surface area contributed by atoms with Gasteiger partial charge in [0.05, 0.1) is 10.9 Å². The molecule has 0 bridgehead atoms. The van der Waals surface area contributed by atoms with Gasteiger partial charge in [0.2, 0.25) is 0 Å². The van der Waals surface area contributed by atoms with Crippen molar-refractivity contribution in [2.24, 2.45) is 0 Å². The highest BCUT2D eigenvalue weighted by Crippen LogP contribution is 2.05. The number of benzene rings is 1. The molecule has 1 N–H and O–H groups in total. The second-order valence-corrected chi connectivity index (χ2v) is 2.56. The van der Waals surface area contributed by atoms with Gasteiger partial charge in [-0.15, -0.1) is 4.79 Å². The van der Waals surface area contributed by atoms with E-state index in [1.54, 1.807) is 12.1 Å². The monoisotopic (exact) mass is 180 g/mol. The van der Waals surface area contributed by atoms with Crippen molar-refractivity contribution in [3.63, 3.8) is 0 Å². The number of fused-ring (bicyclic) bond motifs is 1. The average Bonchev–Trinajstić information content (AvgIpc) is 2.15. The molecule has 0 unspecified atom stereocenters. The molecule has 13 heavy (non-hydrogen) atoms. The fraction of sp³-hybridized carbons (Fsp3) is 0. The molecule has 1 aromatic heterocycles. The number of H-pyrrole nitrogens is 1. The van der Waals surface area contributed by atoms with E-state index in [0.29, 0.717) is 0 Å². The number of nitrogens with one attached hydrogen (secondary N) is 1. The van der Waals surface area contributed by atoms with E-state index in [0.717, 1.165) is 0 Å². The van der Waals surface area contributed by atoms with Gasteiger partial charge < -0.3 is 0 Å². The minimum atomic E-state index is -1.05. The third kappa shape index (κ3) is 1.05. The van der Waals surface area contributed by atoms with Crippen molar-refractivity contribution in [2.75, 3.05) is 0 Å². The van der Waals surface area contributed by atoms with Gasteiger partial charge in [-0.25, -0.2) is 4.79 Å². The van der Waals surface area contributed by atoms with Gasteiger partial charge in [0.15, 0.2) is 0 Å². The van der Waals surface area contributed by atoms with Crippen LogP contribution in [0.15, 0.2) is 33.9 Å². The van der Waals surface area contributed by atoms with Gasteiger partial charge in [-0.3, -0.25) is 9.78 Å². The number of rotatable bonds is 0. The number of aromatic nitrogens is 2. The van der Waals surface area contributed by atoms with Gasteiger partial charge in [-0.1, -0.05) is 16.6 Å². The van der Waals surface area contributed by atoms with Crippen LogP contribution < -0.4 is 11.2 Å². The van der Waals surface area contributed by atoms with Gasteiger partial charge in [0.25, 0.3) is 5.56 Å². The van der Waals surface area contributed by atoms with Gasteiger partial charge >= 0.3 is 5.69 Å². The normalized spacial score (nSPS) is 10.5. The third-order valence-corrected chi connectivity index (χ3v) is 1.76. The second-order valence-electron chi connectivity index (χ2n) is 2.56. The lowest BCUT2D eigenvalue weighted by Gasteiger charge is -1.97. The van der Waals surface area contributed by atoms with E-state index in [4.69, 9.17) is 0 Å². The summed E-state index contributed by atoms with van der Waals surface area (Å²) in [4.78, 5) is 23.7. The molecule has 4 nitrogen and oxygen atoms in total. The predicted molar refractivity (Wildman–Crippen MR) is 45.3 cm³/mol. The fourth-order valence-corrected chi connectivity index (χ4v) is 1.16. The lowest BCUT2D eigenvalue weighted by molar-refractivity contribution is 0.362. The molecular formula is C8H5FN2O2. The van der Waals surface area contributed by atoms with Crippen molar-refractivity contribution in [3.8, 4) is 0 Å². The Balaban J connectivity index is 3.15. The van der Waals surface area contributed by atoms with Gasteiger partial charge in [0, 0.05) is 0 Å². The summed E-state index contributed by atoms with van der Waals surface area (Å²) in [6, 6.07) is 5.97. The molecule has 2 aromatic rings. The molecule has 5 heteroatoms. The van der Waals surface area contributed by atoms with Crippen LogP contribution >= 0.6 is 0 Å². The van der Waals surface area contributed by atoms with Crippen LogP contribution in [0.2, 0.25) is 0 Å². The summed E-state index contributed by atoms with van der Waals surface area (Å²) in [7, 11) is 0. The van der Waals surface area contributed by atoms with Crippen LogP contribution in [0.3, 0.4) is 0 Å². The van der Waals surface area contributed by atoms with E-state index in [-0.39, 0.29) is 15.7 Å². The first kappa shape index (κ1) is 7.72.